The lowest BCUT2D eigenvalue weighted by Crippen LogP contribution is -3.13. The molecule has 0 spiro atoms. The Bertz CT molecular complexity index is 408. The summed E-state index contributed by atoms with van der Waals surface area (Å²) in [6, 6.07) is 7.95. The predicted octanol–water partition coefficient (Wildman–Crippen LogP) is 0.760. The topological polar surface area (TPSA) is 36.8 Å². The molecule has 1 aromatic carbocycles. The summed E-state index contributed by atoms with van der Waals surface area (Å²) in [5.41, 5.74) is 2.02. The van der Waals surface area contributed by atoms with Crippen LogP contribution in [0.1, 0.15) is 19.3 Å². The van der Waals surface area contributed by atoms with Crippen LogP contribution in [-0.4, -0.2) is 39.6 Å². The number of hydrogen-bond donors (Lipinski definition) is 2. The first kappa shape index (κ1) is 13.9. The van der Waals surface area contributed by atoms with Crippen molar-refractivity contribution in [3.05, 3.63) is 24.3 Å². The van der Waals surface area contributed by atoms with E-state index in [1.54, 1.807) is 0 Å². The Balaban J connectivity index is 1.84. The Morgan fingerprint density at radius 1 is 1.16 bits per heavy atom. The Kier molecular flexibility index (Phi) is 4.80. The molecule has 0 atom stereocenters. The molecular formula is C15H24N3O+. The number of nitrogens with one attached hydrogen (secondary N) is 2. The number of carbonyl (C=O) groups is 1. The third-order valence-corrected chi connectivity index (χ3v) is 3.64. The molecule has 1 aromatic rings. The molecule has 2 N–H and O–H groups in total. The SMILES string of the molecule is CN(C)c1ccc(NC(=O)C[NH+]2CCCCC2)cc1. The second-order valence-corrected chi connectivity index (χ2v) is 5.48. The standard InChI is InChI=1S/C15H23N3O/c1-17(2)14-8-6-13(7-9-14)16-15(19)12-18-10-4-3-5-11-18/h6-9H,3-5,10-12H2,1-2H3,(H,16,19)/p+1. The van der Waals surface area contributed by atoms with Gasteiger partial charge in [-0.25, -0.2) is 0 Å². The molecular weight excluding hydrogens is 238 g/mol. The van der Waals surface area contributed by atoms with E-state index < -0.39 is 0 Å². The maximum absolute atomic E-state index is 12.0. The van der Waals surface area contributed by atoms with Crippen molar-refractivity contribution in [3.63, 3.8) is 0 Å². The molecule has 0 aliphatic carbocycles. The average molecular weight is 262 g/mol. The minimum Gasteiger partial charge on any atom is -0.378 e. The summed E-state index contributed by atoms with van der Waals surface area (Å²) in [5, 5.41) is 2.98. The van der Waals surface area contributed by atoms with Crippen LogP contribution in [0.3, 0.4) is 0 Å². The predicted molar refractivity (Wildman–Crippen MR) is 78.8 cm³/mol. The average Bonchev–Trinajstić information content (AvgIpc) is 2.40. The number of hydrogen-bond acceptors (Lipinski definition) is 2. The van der Waals surface area contributed by atoms with Gasteiger partial charge in [0, 0.05) is 25.5 Å². The van der Waals surface area contributed by atoms with Crippen LogP contribution in [0.2, 0.25) is 0 Å². The number of nitrogens with zero attached hydrogens (tertiary/aromatic N) is 1. The first-order valence-corrected chi connectivity index (χ1v) is 7.06. The van der Waals surface area contributed by atoms with E-state index in [1.807, 2.05) is 43.3 Å². The molecule has 0 bridgehead atoms. The lowest BCUT2D eigenvalue weighted by molar-refractivity contribution is -0.896. The van der Waals surface area contributed by atoms with Gasteiger partial charge in [-0.15, -0.1) is 0 Å². The summed E-state index contributed by atoms with van der Waals surface area (Å²) < 4.78 is 0. The summed E-state index contributed by atoms with van der Waals surface area (Å²) in [5.74, 6) is 0.120. The van der Waals surface area contributed by atoms with Crippen molar-refractivity contribution in [1.82, 2.24) is 0 Å². The van der Waals surface area contributed by atoms with Gasteiger partial charge in [-0.1, -0.05) is 0 Å². The number of piperidine rings is 1. The third-order valence-electron chi connectivity index (χ3n) is 3.64. The third kappa shape index (κ3) is 4.24. The van der Waals surface area contributed by atoms with E-state index in [4.69, 9.17) is 0 Å². The Morgan fingerprint density at radius 3 is 2.37 bits per heavy atom. The number of benzene rings is 1. The lowest BCUT2D eigenvalue weighted by atomic mass is 10.1. The molecule has 2 rings (SSSR count). The number of carbonyl (C=O) groups excluding carboxylic acids is 1. The molecule has 0 radical (unpaired) electrons. The van der Waals surface area contributed by atoms with E-state index in [1.165, 1.54) is 24.2 Å². The lowest BCUT2D eigenvalue weighted by Gasteiger charge is -2.22. The van der Waals surface area contributed by atoms with E-state index in [9.17, 15) is 4.79 Å². The van der Waals surface area contributed by atoms with E-state index in [-0.39, 0.29) is 5.91 Å². The molecule has 1 aliphatic heterocycles. The molecule has 1 aliphatic rings. The first-order valence-electron chi connectivity index (χ1n) is 7.06. The molecule has 1 heterocycles. The molecule has 0 aromatic heterocycles. The second kappa shape index (κ2) is 6.57. The molecule has 19 heavy (non-hydrogen) atoms. The summed E-state index contributed by atoms with van der Waals surface area (Å²) in [4.78, 5) is 15.4. The highest BCUT2D eigenvalue weighted by atomic mass is 16.2. The van der Waals surface area contributed by atoms with Crippen molar-refractivity contribution in [1.29, 1.82) is 0 Å². The van der Waals surface area contributed by atoms with Crippen molar-refractivity contribution >= 4 is 17.3 Å². The number of amides is 1. The van der Waals surface area contributed by atoms with Crippen molar-refractivity contribution in [2.45, 2.75) is 19.3 Å². The van der Waals surface area contributed by atoms with Crippen molar-refractivity contribution in [2.75, 3.05) is 43.9 Å². The van der Waals surface area contributed by atoms with Gasteiger partial charge in [0.05, 0.1) is 13.1 Å². The summed E-state index contributed by atoms with van der Waals surface area (Å²) in [6.07, 6.45) is 3.82. The van der Waals surface area contributed by atoms with E-state index in [0.717, 1.165) is 24.5 Å². The van der Waals surface area contributed by atoms with Crippen LogP contribution < -0.4 is 15.1 Å². The number of rotatable bonds is 4. The number of quaternary nitrogens is 1. The summed E-state index contributed by atoms with van der Waals surface area (Å²) in [6.45, 7) is 2.86. The van der Waals surface area contributed by atoms with Gasteiger partial charge >= 0.3 is 0 Å². The normalized spacial score (nSPS) is 16.1. The zero-order valence-electron chi connectivity index (χ0n) is 11.9. The van der Waals surface area contributed by atoms with Gasteiger partial charge in [-0.05, 0) is 43.5 Å². The van der Waals surface area contributed by atoms with Gasteiger partial charge < -0.3 is 15.1 Å². The van der Waals surface area contributed by atoms with Gasteiger partial charge in [-0.2, -0.15) is 0 Å². The Labute approximate surface area is 115 Å². The minimum absolute atomic E-state index is 0.120. The van der Waals surface area contributed by atoms with Crippen molar-refractivity contribution in [2.24, 2.45) is 0 Å². The van der Waals surface area contributed by atoms with Gasteiger partial charge in [0.2, 0.25) is 0 Å². The highest BCUT2D eigenvalue weighted by Crippen LogP contribution is 2.15. The second-order valence-electron chi connectivity index (χ2n) is 5.48. The molecule has 4 heteroatoms. The van der Waals surface area contributed by atoms with Crippen LogP contribution in [0.25, 0.3) is 0 Å². The van der Waals surface area contributed by atoms with Crippen LogP contribution in [0.15, 0.2) is 24.3 Å². The van der Waals surface area contributed by atoms with Gasteiger partial charge in [0.15, 0.2) is 6.54 Å². The summed E-state index contributed by atoms with van der Waals surface area (Å²) >= 11 is 0. The monoisotopic (exact) mass is 262 g/mol. The molecule has 1 fully saturated rings. The summed E-state index contributed by atoms with van der Waals surface area (Å²) in [7, 11) is 4.01. The number of likely N-dealkylation sites (tertiary alicyclic amines) is 1. The van der Waals surface area contributed by atoms with E-state index >= 15 is 0 Å². The van der Waals surface area contributed by atoms with Crippen LogP contribution in [-0.2, 0) is 4.79 Å². The van der Waals surface area contributed by atoms with Crippen LogP contribution >= 0.6 is 0 Å². The molecule has 1 amide bonds. The number of anilines is 2. The fourth-order valence-corrected chi connectivity index (χ4v) is 2.50. The zero-order chi connectivity index (χ0) is 13.7. The van der Waals surface area contributed by atoms with Crippen LogP contribution in [0, 0.1) is 0 Å². The molecule has 1 saturated heterocycles. The maximum Gasteiger partial charge on any atom is 0.279 e. The van der Waals surface area contributed by atoms with Gasteiger partial charge in [0.25, 0.3) is 5.91 Å². The molecule has 104 valence electrons. The van der Waals surface area contributed by atoms with E-state index in [0.29, 0.717) is 6.54 Å². The van der Waals surface area contributed by atoms with Crippen LogP contribution in [0.4, 0.5) is 11.4 Å². The van der Waals surface area contributed by atoms with Crippen molar-refractivity contribution < 1.29 is 9.69 Å². The fourth-order valence-electron chi connectivity index (χ4n) is 2.50. The van der Waals surface area contributed by atoms with Gasteiger partial charge in [0.1, 0.15) is 0 Å². The maximum atomic E-state index is 12.0. The van der Waals surface area contributed by atoms with Gasteiger partial charge in [-0.3, -0.25) is 4.79 Å². The largest absolute Gasteiger partial charge is 0.378 e. The van der Waals surface area contributed by atoms with E-state index in [2.05, 4.69) is 5.32 Å². The highest BCUT2D eigenvalue weighted by molar-refractivity contribution is 5.91. The van der Waals surface area contributed by atoms with Crippen LogP contribution in [0.5, 0.6) is 0 Å². The Hall–Kier alpha value is -1.55. The molecule has 0 unspecified atom stereocenters. The molecule has 0 saturated carbocycles. The highest BCUT2D eigenvalue weighted by Gasteiger charge is 2.17. The smallest absolute Gasteiger partial charge is 0.279 e. The Morgan fingerprint density at radius 2 is 1.79 bits per heavy atom. The first-order chi connectivity index (χ1) is 9.15. The van der Waals surface area contributed by atoms with Crippen molar-refractivity contribution in [3.8, 4) is 0 Å². The minimum atomic E-state index is 0.120. The fraction of sp³-hybridized carbons (Fsp3) is 0.533. The zero-order valence-corrected chi connectivity index (χ0v) is 11.9. The molecule has 4 nitrogen and oxygen atoms in total. The quantitative estimate of drug-likeness (QED) is 0.840.